The van der Waals surface area contributed by atoms with Crippen molar-refractivity contribution in [3.8, 4) is 5.75 Å². The molecule has 1 N–H and O–H groups in total. The van der Waals surface area contributed by atoms with Gasteiger partial charge in [-0.05, 0) is 36.8 Å². The van der Waals surface area contributed by atoms with Crippen molar-refractivity contribution in [2.24, 2.45) is 11.8 Å². The van der Waals surface area contributed by atoms with Gasteiger partial charge < -0.3 is 9.84 Å². The fraction of sp³-hybridized carbons (Fsp3) is 0.625. The molecular weight excluding hydrogens is 304 g/mol. The average molecular weight is 325 g/mol. The summed E-state index contributed by atoms with van der Waals surface area (Å²) in [4.78, 5) is 0. The van der Waals surface area contributed by atoms with E-state index < -0.39 is 0 Å². The Labute approximate surface area is 123 Å². The highest BCUT2D eigenvalue weighted by Crippen LogP contribution is 2.42. The molecule has 0 radical (unpaired) electrons. The lowest BCUT2D eigenvalue weighted by molar-refractivity contribution is 0.0171. The van der Waals surface area contributed by atoms with Crippen LogP contribution in [0.15, 0.2) is 22.7 Å². The summed E-state index contributed by atoms with van der Waals surface area (Å²) >= 11 is 3.47. The van der Waals surface area contributed by atoms with Gasteiger partial charge in [0.25, 0.3) is 0 Å². The molecule has 1 saturated carbocycles. The highest BCUT2D eigenvalue weighted by atomic mass is 79.9. The third-order valence-electron chi connectivity index (χ3n) is 4.57. The summed E-state index contributed by atoms with van der Waals surface area (Å²) in [5, 5.41) is 10.3. The number of hydrogen-bond acceptors (Lipinski definition) is 2. The van der Waals surface area contributed by atoms with Crippen LogP contribution in [0.2, 0.25) is 0 Å². The molecule has 1 aliphatic carbocycles. The fourth-order valence-electron chi connectivity index (χ4n) is 3.55. The SMILES string of the molecule is CC1CCCC(C2CC(O)c3ccc(Br)cc3O2)C1. The first-order chi connectivity index (χ1) is 9.13. The quantitative estimate of drug-likeness (QED) is 0.826. The normalized spacial score (nSPS) is 34.5. The lowest BCUT2D eigenvalue weighted by Crippen LogP contribution is -2.35. The molecule has 3 rings (SSSR count). The van der Waals surface area contributed by atoms with Crippen LogP contribution < -0.4 is 4.74 Å². The molecule has 104 valence electrons. The van der Waals surface area contributed by atoms with E-state index in [0.717, 1.165) is 28.1 Å². The van der Waals surface area contributed by atoms with Gasteiger partial charge in [-0.25, -0.2) is 0 Å². The minimum atomic E-state index is -0.376. The zero-order valence-electron chi connectivity index (χ0n) is 11.3. The minimum absolute atomic E-state index is 0.180. The van der Waals surface area contributed by atoms with Crippen molar-refractivity contribution in [1.29, 1.82) is 0 Å². The molecule has 0 bridgehead atoms. The lowest BCUT2D eigenvalue weighted by Gasteiger charge is -2.38. The molecule has 19 heavy (non-hydrogen) atoms. The fourth-order valence-corrected chi connectivity index (χ4v) is 3.89. The maximum absolute atomic E-state index is 10.3. The molecule has 0 amide bonds. The van der Waals surface area contributed by atoms with E-state index in [-0.39, 0.29) is 12.2 Å². The Morgan fingerprint density at radius 2 is 2.11 bits per heavy atom. The van der Waals surface area contributed by atoms with Crippen molar-refractivity contribution in [2.45, 2.75) is 51.2 Å². The van der Waals surface area contributed by atoms with Gasteiger partial charge in [-0.3, -0.25) is 0 Å². The van der Waals surface area contributed by atoms with E-state index in [1.807, 2.05) is 18.2 Å². The maximum Gasteiger partial charge on any atom is 0.126 e. The number of aliphatic hydroxyl groups excluding tert-OH is 1. The van der Waals surface area contributed by atoms with Crippen molar-refractivity contribution in [2.75, 3.05) is 0 Å². The summed E-state index contributed by atoms with van der Waals surface area (Å²) in [6.07, 6.45) is 5.66. The molecule has 1 aromatic rings. The van der Waals surface area contributed by atoms with Crippen LogP contribution in [0.25, 0.3) is 0 Å². The van der Waals surface area contributed by atoms with Crippen molar-refractivity contribution in [3.63, 3.8) is 0 Å². The van der Waals surface area contributed by atoms with Crippen molar-refractivity contribution < 1.29 is 9.84 Å². The van der Waals surface area contributed by atoms with Gasteiger partial charge >= 0.3 is 0 Å². The number of fused-ring (bicyclic) bond motifs is 1. The molecule has 2 nitrogen and oxygen atoms in total. The zero-order chi connectivity index (χ0) is 13.4. The molecule has 0 spiro atoms. The number of ether oxygens (including phenoxy) is 1. The van der Waals surface area contributed by atoms with Crippen LogP contribution in [0.5, 0.6) is 5.75 Å². The summed E-state index contributed by atoms with van der Waals surface area (Å²) in [6, 6.07) is 5.91. The Balaban J connectivity index is 1.80. The Hall–Kier alpha value is -0.540. The molecule has 3 heteroatoms. The summed E-state index contributed by atoms with van der Waals surface area (Å²) in [6.45, 7) is 2.33. The van der Waals surface area contributed by atoms with Crippen LogP contribution in [0, 0.1) is 11.8 Å². The lowest BCUT2D eigenvalue weighted by atomic mass is 9.77. The van der Waals surface area contributed by atoms with Gasteiger partial charge in [0.2, 0.25) is 0 Å². The summed E-state index contributed by atoms with van der Waals surface area (Å²) in [5.41, 5.74) is 0.934. The molecule has 0 saturated heterocycles. The van der Waals surface area contributed by atoms with Gasteiger partial charge in [0.05, 0.1) is 6.10 Å². The van der Waals surface area contributed by atoms with Gasteiger partial charge in [0, 0.05) is 16.5 Å². The van der Waals surface area contributed by atoms with E-state index in [9.17, 15) is 5.11 Å². The van der Waals surface area contributed by atoms with Gasteiger partial charge in [-0.1, -0.05) is 41.8 Å². The molecule has 1 aliphatic heterocycles. The second-order valence-corrected chi connectivity index (χ2v) is 7.04. The van der Waals surface area contributed by atoms with Crippen LogP contribution in [0.1, 0.15) is 50.7 Å². The summed E-state index contributed by atoms with van der Waals surface area (Å²) in [7, 11) is 0. The first-order valence-corrected chi connectivity index (χ1v) is 8.07. The molecule has 1 fully saturated rings. The second kappa shape index (κ2) is 5.45. The number of rotatable bonds is 1. The largest absolute Gasteiger partial charge is 0.490 e. The van der Waals surface area contributed by atoms with Crippen LogP contribution in [0.4, 0.5) is 0 Å². The minimum Gasteiger partial charge on any atom is -0.490 e. The van der Waals surface area contributed by atoms with Gasteiger partial charge in [-0.2, -0.15) is 0 Å². The molecule has 2 aliphatic rings. The maximum atomic E-state index is 10.3. The smallest absolute Gasteiger partial charge is 0.126 e. The Morgan fingerprint density at radius 3 is 2.89 bits per heavy atom. The molecule has 4 atom stereocenters. The summed E-state index contributed by atoms with van der Waals surface area (Å²) < 4.78 is 7.19. The van der Waals surface area contributed by atoms with E-state index in [4.69, 9.17) is 4.74 Å². The first kappa shape index (κ1) is 13.4. The van der Waals surface area contributed by atoms with Gasteiger partial charge in [0.15, 0.2) is 0 Å². The Kier molecular flexibility index (Phi) is 3.86. The van der Waals surface area contributed by atoms with Crippen LogP contribution in [0.3, 0.4) is 0 Å². The van der Waals surface area contributed by atoms with Crippen LogP contribution in [-0.4, -0.2) is 11.2 Å². The first-order valence-electron chi connectivity index (χ1n) is 7.27. The number of aliphatic hydroxyl groups is 1. The number of benzene rings is 1. The monoisotopic (exact) mass is 324 g/mol. The number of halogens is 1. The van der Waals surface area contributed by atoms with E-state index >= 15 is 0 Å². The predicted octanol–water partition coefficient (Wildman–Crippen LogP) is 4.46. The molecule has 1 aromatic carbocycles. The standard InChI is InChI=1S/C16H21BrO2/c1-10-3-2-4-11(7-10)15-9-14(18)13-6-5-12(17)8-16(13)19-15/h5-6,8,10-11,14-15,18H,2-4,7,9H2,1H3. The molecular formula is C16H21BrO2. The summed E-state index contributed by atoms with van der Waals surface area (Å²) in [5.74, 6) is 2.25. The molecule has 1 heterocycles. The third kappa shape index (κ3) is 2.82. The van der Waals surface area contributed by atoms with E-state index in [2.05, 4.69) is 22.9 Å². The van der Waals surface area contributed by atoms with Crippen molar-refractivity contribution >= 4 is 15.9 Å². The zero-order valence-corrected chi connectivity index (χ0v) is 12.9. The number of hydrogen-bond donors (Lipinski definition) is 1. The predicted molar refractivity (Wildman–Crippen MR) is 79.3 cm³/mol. The van der Waals surface area contributed by atoms with Crippen molar-refractivity contribution in [1.82, 2.24) is 0 Å². The Bertz CT molecular complexity index is 460. The highest BCUT2D eigenvalue weighted by Gasteiger charge is 2.34. The topological polar surface area (TPSA) is 29.5 Å². The second-order valence-electron chi connectivity index (χ2n) is 6.12. The average Bonchev–Trinajstić information content (AvgIpc) is 2.38. The Morgan fingerprint density at radius 1 is 1.26 bits per heavy atom. The van der Waals surface area contributed by atoms with E-state index in [1.165, 1.54) is 25.7 Å². The van der Waals surface area contributed by atoms with Gasteiger partial charge in [-0.15, -0.1) is 0 Å². The molecule has 0 aromatic heterocycles. The molecule has 4 unspecified atom stereocenters. The van der Waals surface area contributed by atoms with E-state index in [1.54, 1.807) is 0 Å². The van der Waals surface area contributed by atoms with Crippen LogP contribution in [-0.2, 0) is 0 Å². The third-order valence-corrected chi connectivity index (χ3v) is 5.06. The van der Waals surface area contributed by atoms with Crippen molar-refractivity contribution in [3.05, 3.63) is 28.2 Å². The highest BCUT2D eigenvalue weighted by molar-refractivity contribution is 9.10. The van der Waals surface area contributed by atoms with Crippen LogP contribution >= 0.6 is 15.9 Å². The van der Waals surface area contributed by atoms with Gasteiger partial charge in [0.1, 0.15) is 11.9 Å². The van der Waals surface area contributed by atoms with E-state index in [0.29, 0.717) is 5.92 Å².